The fraction of sp³-hybridized carbons (Fsp3) is 0.111. The van der Waals surface area contributed by atoms with E-state index in [4.69, 9.17) is 4.74 Å². The number of aromatic amines is 1. The summed E-state index contributed by atoms with van der Waals surface area (Å²) >= 11 is 0. The lowest BCUT2D eigenvalue weighted by molar-refractivity contribution is 0.461. The molecule has 0 saturated carbocycles. The Hall–Kier alpha value is -3.73. The van der Waals surface area contributed by atoms with E-state index in [1.54, 1.807) is 36.7 Å². The average molecular weight is 411 g/mol. The minimum Gasteiger partial charge on any atom is -0.439 e. The number of aromatic nitrogens is 6. The van der Waals surface area contributed by atoms with Crippen LogP contribution < -0.4 is 9.46 Å². The van der Waals surface area contributed by atoms with Crippen LogP contribution in [-0.2, 0) is 10.0 Å². The number of H-pyrrole nitrogens is 1. The Morgan fingerprint density at radius 1 is 1.10 bits per heavy atom. The van der Waals surface area contributed by atoms with E-state index in [1.165, 1.54) is 18.9 Å². The SMILES string of the molecule is Cc1ncn(-c2cc(Oc3ccc(NS(=O)(=O)c4cnc[nH]4)cc3)ncn2)c1C. The van der Waals surface area contributed by atoms with Gasteiger partial charge in [0.2, 0.25) is 5.88 Å². The van der Waals surface area contributed by atoms with Gasteiger partial charge in [-0.3, -0.25) is 9.29 Å². The van der Waals surface area contributed by atoms with Gasteiger partial charge in [-0.15, -0.1) is 0 Å². The monoisotopic (exact) mass is 411 g/mol. The zero-order valence-corrected chi connectivity index (χ0v) is 16.4. The van der Waals surface area contributed by atoms with Crippen LogP contribution in [0.1, 0.15) is 11.4 Å². The molecular formula is C18H17N7O3S. The number of anilines is 1. The Morgan fingerprint density at radius 2 is 1.90 bits per heavy atom. The first-order valence-electron chi connectivity index (χ1n) is 8.54. The van der Waals surface area contributed by atoms with Crippen molar-refractivity contribution >= 4 is 15.7 Å². The zero-order valence-electron chi connectivity index (χ0n) is 15.6. The van der Waals surface area contributed by atoms with Gasteiger partial charge in [-0.05, 0) is 38.1 Å². The molecule has 0 aliphatic rings. The first-order valence-corrected chi connectivity index (χ1v) is 10.0. The van der Waals surface area contributed by atoms with E-state index in [2.05, 4.69) is 29.6 Å². The number of rotatable bonds is 6. The van der Waals surface area contributed by atoms with E-state index in [-0.39, 0.29) is 5.03 Å². The fourth-order valence-corrected chi connectivity index (χ4v) is 3.52. The summed E-state index contributed by atoms with van der Waals surface area (Å²) in [5, 5.41) is -0.0172. The fourth-order valence-electron chi connectivity index (χ4n) is 2.56. The third kappa shape index (κ3) is 3.94. The maximum atomic E-state index is 12.2. The van der Waals surface area contributed by atoms with Crippen LogP contribution in [0.4, 0.5) is 5.69 Å². The summed E-state index contributed by atoms with van der Waals surface area (Å²) in [6.45, 7) is 3.88. The second-order valence-electron chi connectivity index (χ2n) is 6.15. The first-order chi connectivity index (χ1) is 13.9. The van der Waals surface area contributed by atoms with Crippen molar-refractivity contribution < 1.29 is 13.2 Å². The molecule has 11 heteroatoms. The quantitative estimate of drug-likeness (QED) is 0.499. The number of ether oxygens (including phenoxy) is 1. The molecule has 0 radical (unpaired) electrons. The molecule has 0 unspecified atom stereocenters. The van der Waals surface area contributed by atoms with Crippen molar-refractivity contribution in [3.63, 3.8) is 0 Å². The molecule has 0 bridgehead atoms. The smallest absolute Gasteiger partial charge is 0.278 e. The highest BCUT2D eigenvalue weighted by atomic mass is 32.2. The van der Waals surface area contributed by atoms with Crippen LogP contribution in [0.2, 0.25) is 0 Å². The number of nitrogens with one attached hydrogen (secondary N) is 2. The summed E-state index contributed by atoms with van der Waals surface area (Å²) in [7, 11) is -3.72. The number of hydrogen-bond acceptors (Lipinski definition) is 7. The molecule has 3 heterocycles. The number of imidazole rings is 2. The number of hydrogen-bond donors (Lipinski definition) is 2. The van der Waals surface area contributed by atoms with Crippen molar-refractivity contribution in [3.8, 4) is 17.4 Å². The summed E-state index contributed by atoms with van der Waals surface area (Å²) in [4.78, 5) is 18.9. The van der Waals surface area contributed by atoms with Gasteiger partial charge in [0, 0.05) is 17.4 Å². The number of benzene rings is 1. The van der Waals surface area contributed by atoms with Crippen LogP contribution >= 0.6 is 0 Å². The van der Waals surface area contributed by atoms with Gasteiger partial charge in [-0.25, -0.2) is 19.9 Å². The number of aryl methyl sites for hydroxylation is 1. The van der Waals surface area contributed by atoms with Crippen molar-refractivity contribution in [2.45, 2.75) is 18.9 Å². The summed E-state index contributed by atoms with van der Waals surface area (Å²) in [5.74, 6) is 1.49. The van der Waals surface area contributed by atoms with E-state index >= 15 is 0 Å². The van der Waals surface area contributed by atoms with E-state index < -0.39 is 10.0 Å². The Bertz CT molecular complexity index is 1230. The van der Waals surface area contributed by atoms with Crippen LogP contribution in [0.15, 0.2) is 60.5 Å². The molecule has 0 aliphatic heterocycles. The molecule has 148 valence electrons. The lowest BCUT2D eigenvalue weighted by atomic mass is 10.3. The molecule has 0 saturated heterocycles. The lowest BCUT2D eigenvalue weighted by Gasteiger charge is -2.09. The van der Waals surface area contributed by atoms with Gasteiger partial charge in [0.05, 0.1) is 18.2 Å². The second-order valence-corrected chi connectivity index (χ2v) is 7.80. The zero-order chi connectivity index (χ0) is 20.4. The Morgan fingerprint density at radius 3 is 2.55 bits per heavy atom. The van der Waals surface area contributed by atoms with Crippen molar-refractivity contribution in [1.82, 2.24) is 29.5 Å². The highest BCUT2D eigenvalue weighted by molar-refractivity contribution is 7.92. The van der Waals surface area contributed by atoms with E-state index in [0.29, 0.717) is 23.1 Å². The molecule has 0 amide bonds. The predicted molar refractivity (Wildman–Crippen MR) is 105 cm³/mol. The van der Waals surface area contributed by atoms with Gasteiger partial charge in [-0.1, -0.05) is 0 Å². The maximum absolute atomic E-state index is 12.2. The molecule has 0 fully saturated rings. The van der Waals surface area contributed by atoms with Crippen LogP contribution in [0, 0.1) is 13.8 Å². The maximum Gasteiger partial charge on any atom is 0.278 e. The Labute approximate surface area is 166 Å². The topological polar surface area (TPSA) is 128 Å². The molecule has 0 spiro atoms. The molecular weight excluding hydrogens is 394 g/mol. The van der Waals surface area contributed by atoms with Crippen LogP contribution in [0.5, 0.6) is 11.6 Å². The molecule has 0 aliphatic carbocycles. The van der Waals surface area contributed by atoms with Crippen molar-refractivity contribution in [2.24, 2.45) is 0 Å². The third-order valence-electron chi connectivity index (χ3n) is 4.22. The third-order valence-corrected chi connectivity index (χ3v) is 5.52. The summed E-state index contributed by atoms with van der Waals surface area (Å²) in [6, 6.07) is 8.16. The number of nitrogens with zero attached hydrogens (tertiary/aromatic N) is 5. The van der Waals surface area contributed by atoms with Crippen molar-refractivity contribution in [3.05, 3.63) is 66.9 Å². The average Bonchev–Trinajstić information content (AvgIpc) is 3.35. The largest absolute Gasteiger partial charge is 0.439 e. The summed E-state index contributed by atoms with van der Waals surface area (Å²) in [5.41, 5.74) is 2.28. The Kier molecular flexibility index (Phi) is 4.72. The molecule has 1 aromatic carbocycles. The molecule has 4 aromatic rings. The first kappa shape index (κ1) is 18.6. The minimum atomic E-state index is -3.72. The van der Waals surface area contributed by atoms with Crippen LogP contribution in [0.25, 0.3) is 5.82 Å². The van der Waals surface area contributed by atoms with Crippen LogP contribution in [0.3, 0.4) is 0 Å². The minimum absolute atomic E-state index is 0.0172. The molecule has 29 heavy (non-hydrogen) atoms. The molecule has 4 rings (SSSR count). The lowest BCUT2D eigenvalue weighted by Crippen LogP contribution is -2.13. The highest BCUT2D eigenvalue weighted by Crippen LogP contribution is 2.24. The molecule has 0 atom stereocenters. The van der Waals surface area contributed by atoms with Gasteiger partial charge in [0.25, 0.3) is 10.0 Å². The molecule has 2 N–H and O–H groups in total. The highest BCUT2D eigenvalue weighted by Gasteiger charge is 2.15. The van der Waals surface area contributed by atoms with Gasteiger partial charge >= 0.3 is 0 Å². The number of sulfonamides is 1. The summed E-state index contributed by atoms with van der Waals surface area (Å²) < 4.78 is 34.5. The van der Waals surface area contributed by atoms with E-state index in [9.17, 15) is 8.42 Å². The van der Waals surface area contributed by atoms with E-state index in [0.717, 1.165) is 11.4 Å². The Balaban J connectivity index is 1.49. The second kappa shape index (κ2) is 7.36. The normalized spacial score (nSPS) is 11.4. The van der Waals surface area contributed by atoms with E-state index in [1.807, 2.05) is 18.4 Å². The van der Waals surface area contributed by atoms with Crippen molar-refractivity contribution in [2.75, 3.05) is 4.72 Å². The van der Waals surface area contributed by atoms with Crippen LogP contribution in [-0.4, -0.2) is 37.9 Å². The van der Waals surface area contributed by atoms with Crippen molar-refractivity contribution in [1.29, 1.82) is 0 Å². The predicted octanol–water partition coefficient (Wildman–Crippen LogP) is 2.60. The van der Waals surface area contributed by atoms with Gasteiger partial charge in [-0.2, -0.15) is 8.42 Å². The standard InChI is InChI=1S/C18H17N7O3S/c1-12-13(2)25(11-23-12)16-7-17(21-10-20-16)28-15-5-3-14(4-6-15)24-29(26,27)18-8-19-9-22-18/h3-11,24H,1-2H3,(H,19,22). The van der Waals surface area contributed by atoms with Gasteiger partial charge in [0.1, 0.15) is 24.2 Å². The van der Waals surface area contributed by atoms with Gasteiger partial charge < -0.3 is 9.72 Å². The van der Waals surface area contributed by atoms with Gasteiger partial charge in [0.15, 0.2) is 5.03 Å². The summed E-state index contributed by atoms with van der Waals surface area (Å²) in [6.07, 6.45) is 5.63. The molecule has 3 aromatic heterocycles. The molecule has 10 nitrogen and oxygen atoms in total.